The quantitative estimate of drug-likeness (QED) is 0.333. The predicted molar refractivity (Wildman–Crippen MR) is 138 cm³/mol. The number of benzene rings is 3. The van der Waals surface area contributed by atoms with Crippen molar-refractivity contribution in [2.75, 3.05) is 20.3 Å². The number of hydrogen-bond donors (Lipinski definition) is 3. The molecule has 0 heterocycles. The molecule has 0 aliphatic rings. The molecule has 0 radical (unpaired) electrons. The van der Waals surface area contributed by atoms with Crippen LogP contribution in [0.1, 0.15) is 11.1 Å². The van der Waals surface area contributed by atoms with Crippen molar-refractivity contribution in [3.05, 3.63) is 94.0 Å². The third-order valence-corrected chi connectivity index (χ3v) is 5.91. The van der Waals surface area contributed by atoms with E-state index in [2.05, 4.69) is 5.32 Å². The third-order valence-electron chi connectivity index (χ3n) is 5.48. The molecule has 6 nitrogen and oxygen atoms in total. The molecule has 3 aromatic carbocycles. The van der Waals surface area contributed by atoms with E-state index in [9.17, 15) is 15.0 Å². The van der Waals surface area contributed by atoms with Crippen LogP contribution in [0.3, 0.4) is 0 Å². The summed E-state index contributed by atoms with van der Waals surface area (Å²) in [4.78, 5) is 12.4. The summed E-state index contributed by atoms with van der Waals surface area (Å²) < 4.78 is 11.0. The zero-order valence-electron chi connectivity index (χ0n) is 19.4. The highest BCUT2D eigenvalue weighted by molar-refractivity contribution is 6.35. The van der Waals surface area contributed by atoms with Crippen LogP contribution in [0.4, 0.5) is 0 Å². The first-order valence-corrected chi connectivity index (χ1v) is 11.9. The van der Waals surface area contributed by atoms with Gasteiger partial charge in [-0.25, -0.2) is 0 Å². The Morgan fingerprint density at radius 2 is 1.60 bits per heavy atom. The lowest BCUT2D eigenvalue weighted by Gasteiger charge is -2.31. The number of rotatable bonds is 12. The first kappa shape index (κ1) is 27.1. The lowest BCUT2D eigenvalue weighted by atomic mass is 9.95. The van der Waals surface area contributed by atoms with Gasteiger partial charge in [0.05, 0.1) is 19.3 Å². The topological polar surface area (TPSA) is 88.0 Å². The van der Waals surface area contributed by atoms with Crippen molar-refractivity contribution in [1.29, 1.82) is 0 Å². The number of nitrogens with one attached hydrogen (secondary N) is 1. The molecule has 0 aliphatic carbocycles. The van der Waals surface area contributed by atoms with Crippen molar-refractivity contribution in [2.45, 2.75) is 31.3 Å². The smallest absolute Gasteiger partial charge is 0.246 e. The summed E-state index contributed by atoms with van der Waals surface area (Å²) in [5.74, 6) is -0.346. The Hall–Kier alpha value is -2.45. The number of hydrogen-bond acceptors (Lipinski definition) is 5. The van der Waals surface area contributed by atoms with Crippen molar-refractivity contribution in [3.63, 3.8) is 0 Å². The molecule has 3 atom stereocenters. The van der Waals surface area contributed by atoms with Crippen molar-refractivity contribution < 1.29 is 24.5 Å². The molecule has 3 N–H and O–H groups in total. The molecule has 0 spiro atoms. The highest BCUT2D eigenvalue weighted by Gasteiger charge is 2.30. The summed E-state index contributed by atoms with van der Waals surface area (Å²) in [6.07, 6.45) is -1.69. The number of ether oxygens (including phenoxy) is 2. The van der Waals surface area contributed by atoms with E-state index in [0.717, 1.165) is 22.3 Å². The standard InChI is InChI=1S/C27H29Cl2NO5/c1-34-17-26(33)30-24(27(25(32)15-31)35-16-19-5-3-2-4-6-19)11-18-7-9-20(10-8-18)21-12-22(28)14-23(29)13-21/h2-10,12-14,24-25,27,31-32H,11,15-17H2,1H3,(H,30,33)/t24-,25+,27-/m1/s1. The highest BCUT2D eigenvalue weighted by Crippen LogP contribution is 2.28. The molecule has 0 fully saturated rings. The lowest BCUT2D eigenvalue weighted by molar-refractivity contribution is -0.129. The van der Waals surface area contributed by atoms with Gasteiger partial charge >= 0.3 is 0 Å². The van der Waals surface area contributed by atoms with Crippen LogP contribution in [0, 0.1) is 0 Å². The zero-order valence-corrected chi connectivity index (χ0v) is 20.9. The SMILES string of the molecule is COCC(=O)N[C@H](Cc1ccc(-c2cc(Cl)cc(Cl)c2)cc1)[C@@H](OCc1ccccc1)[C@@H](O)CO. The number of methoxy groups -OCH3 is 1. The third kappa shape index (κ3) is 8.32. The largest absolute Gasteiger partial charge is 0.394 e. The van der Waals surface area contributed by atoms with E-state index in [0.29, 0.717) is 16.5 Å². The molecule has 3 aromatic rings. The van der Waals surface area contributed by atoms with Gasteiger partial charge in [-0.15, -0.1) is 0 Å². The summed E-state index contributed by atoms with van der Waals surface area (Å²) >= 11 is 12.3. The molecule has 0 saturated heterocycles. The summed E-state index contributed by atoms with van der Waals surface area (Å²) in [6, 6.07) is 22.0. The average Bonchev–Trinajstić information content (AvgIpc) is 2.84. The van der Waals surface area contributed by atoms with E-state index in [1.54, 1.807) is 6.07 Å². The van der Waals surface area contributed by atoms with E-state index in [-0.39, 0.29) is 19.1 Å². The van der Waals surface area contributed by atoms with E-state index >= 15 is 0 Å². The Labute approximate surface area is 215 Å². The van der Waals surface area contributed by atoms with Gasteiger partial charge in [0, 0.05) is 17.2 Å². The second-order valence-electron chi connectivity index (χ2n) is 8.18. The maximum Gasteiger partial charge on any atom is 0.246 e. The summed E-state index contributed by atoms with van der Waals surface area (Å²) in [5.41, 5.74) is 3.64. The Morgan fingerprint density at radius 1 is 0.943 bits per heavy atom. The van der Waals surface area contributed by atoms with Gasteiger partial charge in [0.15, 0.2) is 0 Å². The molecule has 0 unspecified atom stereocenters. The monoisotopic (exact) mass is 517 g/mol. The first-order chi connectivity index (χ1) is 16.9. The Bertz CT molecular complexity index is 1060. The minimum absolute atomic E-state index is 0.133. The molecule has 0 bridgehead atoms. The van der Waals surface area contributed by atoms with Crippen molar-refractivity contribution >= 4 is 29.1 Å². The molecular weight excluding hydrogens is 489 g/mol. The van der Waals surface area contributed by atoms with Gasteiger partial charge in [-0.1, -0.05) is 77.8 Å². The summed E-state index contributed by atoms with van der Waals surface area (Å²) in [7, 11) is 1.43. The minimum Gasteiger partial charge on any atom is -0.394 e. The molecule has 1 amide bonds. The fourth-order valence-corrected chi connectivity index (χ4v) is 4.33. The predicted octanol–water partition coefficient (Wildman–Crippen LogP) is 4.27. The van der Waals surface area contributed by atoms with Crippen LogP contribution in [0.5, 0.6) is 0 Å². The van der Waals surface area contributed by atoms with Crippen LogP contribution in [0.15, 0.2) is 72.8 Å². The van der Waals surface area contributed by atoms with Crippen molar-refractivity contribution in [1.82, 2.24) is 5.32 Å². The highest BCUT2D eigenvalue weighted by atomic mass is 35.5. The van der Waals surface area contributed by atoms with Crippen LogP contribution >= 0.6 is 23.2 Å². The van der Waals surface area contributed by atoms with Crippen LogP contribution in [-0.4, -0.2) is 54.7 Å². The van der Waals surface area contributed by atoms with Gasteiger partial charge in [0.2, 0.25) is 5.91 Å². The number of amides is 1. The molecule has 0 saturated carbocycles. The Morgan fingerprint density at radius 3 is 2.20 bits per heavy atom. The molecular formula is C27H29Cl2NO5. The van der Waals surface area contributed by atoms with Gasteiger partial charge in [-0.3, -0.25) is 4.79 Å². The van der Waals surface area contributed by atoms with Crippen LogP contribution in [0.25, 0.3) is 11.1 Å². The van der Waals surface area contributed by atoms with Gasteiger partial charge in [0.25, 0.3) is 0 Å². The first-order valence-electron chi connectivity index (χ1n) is 11.2. The number of aliphatic hydroxyl groups excluding tert-OH is 2. The fourth-order valence-electron chi connectivity index (χ4n) is 3.80. The molecule has 35 heavy (non-hydrogen) atoms. The fraction of sp³-hybridized carbons (Fsp3) is 0.296. The van der Waals surface area contributed by atoms with Gasteiger partial charge in [-0.2, -0.15) is 0 Å². The number of carbonyl (C=O) groups excluding carboxylic acids is 1. The average molecular weight is 518 g/mol. The lowest BCUT2D eigenvalue weighted by Crippen LogP contribution is -2.52. The minimum atomic E-state index is -1.19. The number of halogens is 2. The van der Waals surface area contributed by atoms with Crippen LogP contribution in [0.2, 0.25) is 10.0 Å². The Kier molecular flexibility index (Phi) is 10.5. The van der Waals surface area contributed by atoms with Crippen LogP contribution < -0.4 is 5.32 Å². The van der Waals surface area contributed by atoms with Gasteiger partial charge < -0.3 is 25.0 Å². The molecule has 8 heteroatoms. The van der Waals surface area contributed by atoms with E-state index in [4.69, 9.17) is 32.7 Å². The summed E-state index contributed by atoms with van der Waals surface area (Å²) in [6.45, 7) is -0.427. The van der Waals surface area contributed by atoms with Crippen LogP contribution in [-0.2, 0) is 27.3 Å². The molecule has 0 aliphatic heterocycles. The number of aliphatic hydroxyl groups is 2. The normalized spacial score (nSPS) is 13.7. The second-order valence-corrected chi connectivity index (χ2v) is 9.05. The molecule has 0 aromatic heterocycles. The molecule has 3 rings (SSSR count). The van der Waals surface area contributed by atoms with E-state index in [1.807, 2.05) is 66.7 Å². The van der Waals surface area contributed by atoms with Crippen molar-refractivity contribution in [2.24, 2.45) is 0 Å². The van der Waals surface area contributed by atoms with E-state index in [1.165, 1.54) is 7.11 Å². The zero-order chi connectivity index (χ0) is 25.2. The van der Waals surface area contributed by atoms with Gasteiger partial charge in [0.1, 0.15) is 18.8 Å². The summed E-state index contributed by atoms with van der Waals surface area (Å²) in [5, 5.41) is 24.2. The van der Waals surface area contributed by atoms with E-state index < -0.39 is 24.9 Å². The van der Waals surface area contributed by atoms with Gasteiger partial charge in [-0.05, 0) is 46.9 Å². The Balaban J connectivity index is 1.81. The maximum atomic E-state index is 12.4. The second kappa shape index (κ2) is 13.6. The van der Waals surface area contributed by atoms with Crippen molar-refractivity contribution in [3.8, 4) is 11.1 Å². The number of carbonyl (C=O) groups is 1. The molecule has 186 valence electrons. The maximum absolute atomic E-state index is 12.4.